The van der Waals surface area contributed by atoms with Crippen LogP contribution in [-0.2, 0) is 18.6 Å². The normalized spacial score (nSPS) is 12.6. The summed E-state index contributed by atoms with van der Waals surface area (Å²) in [6, 6.07) is 110. The molecule has 2 saturated heterocycles. The molecule has 0 amide bonds. The van der Waals surface area contributed by atoms with Crippen LogP contribution in [0.2, 0.25) is 0 Å². The quantitative estimate of drug-likeness (QED) is 0.0842. The maximum Gasteiger partial charge on any atom is 0.504 e. The van der Waals surface area contributed by atoms with E-state index >= 15 is 0 Å². The third-order valence-corrected chi connectivity index (χ3v) is 24.8. The van der Waals surface area contributed by atoms with E-state index in [4.69, 9.17) is 18.6 Å². The van der Waals surface area contributed by atoms with Gasteiger partial charge >= 0.3 is 14.2 Å². The number of para-hydroxylation sites is 3. The van der Waals surface area contributed by atoms with Gasteiger partial charge in [0.2, 0.25) is 0 Å². The predicted octanol–water partition coefficient (Wildman–Crippen LogP) is 25.5. The van der Waals surface area contributed by atoms with E-state index in [0.29, 0.717) is 26.4 Å². The van der Waals surface area contributed by atoms with Crippen LogP contribution in [-0.4, -0.2) is 40.7 Å². The summed E-state index contributed by atoms with van der Waals surface area (Å²) in [5.41, 5.74) is 17.5. The van der Waals surface area contributed by atoms with Crippen LogP contribution in [0.15, 0.2) is 317 Å². The summed E-state index contributed by atoms with van der Waals surface area (Å²) in [7, 11) is -0.464. The number of nitrogens with zero attached hydrogens (tertiary/aromatic N) is 3. The highest BCUT2D eigenvalue weighted by atomic mass is 79.9. The van der Waals surface area contributed by atoms with Gasteiger partial charge in [0.1, 0.15) is 0 Å². The number of halogens is 2. The molecule has 0 atom stereocenters. The summed E-state index contributed by atoms with van der Waals surface area (Å²) >= 11 is 17.7. The van der Waals surface area contributed by atoms with Crippen LogP contribution in [0.25, 0.3) is 62.6 Å². The molecule has 15 aromatic rings. The van der Waals surface area contributed by atoms with Gasteiger partial charge in [0.15, 0.2) is 0 Å². The standard InChI is InChI=1S/C30H25B2NO4S2.C28H23NS2.C26H17Br2NS2/c1-2-4-24(5-3-1)33(25-10-6-22(7-11-25)27-14-16-29(38-27)31-34-18-19-35-31)26-12-8-23(9-13-26)28-15-17-30(39-28)32-36-20-21-37-32;1-20-8-18-27(30-20)22-10-14-25(15-11-22)29(24-6-4-3-5-7-24)26-16-12-23(13-17-26)28-19-9-21(2)31-28;27-25-16-14-23(30-25)18-6-10-21(11-7-18)29(20-4-2-1-3-5-20)22-12-8-19(9-13-22)24-15-17-26(28)31-24/h1-17H,18-21H2;3-19H,1-2H3;1-17H. The first-order valence-corrected chi connectivity index (χ1v) is 39.6. The Kier molecular flexibility index (Phi) is 21.8. The lowest BCUT2D eigenvalue weighted by molar-refractivity contribution is 0.365. The van der Waals surface area contributed by atoms with E-state index < -0.39 is 0 Å². The number of aryl methyl sites for hydroxylation is 2. The summed E-state index contributed by atoms with van der Waals surface area (Å²) in [6.45, 7) is 6.92. The highest BCUT2D eigenvalue weighted by molar-refractivity contribution is 9.11. The lowest BCUT2D eigenvalue weighted by Crippen LogP contribution is -2.28. The fourth-order valence-corrected chi connectivity index (χ4v) is 18.7. The Balaban J connectivity index is 0.000000124. The average molecular weight is 1550 g/mol. The maximum absolute atomic E-state index is 5.67. The van der Waals surface area contributed by atoms with Gasteiger partial charge < -0.3 is 33.3 Å². The topological polar surface area (TPSA) is 46.6 Å². The highest BCUT2D eigenvalue weighted by Crippen LogP contribution is 2.43. The molecular formula is C84H65B2Br2N3O4S6. The van der Waals surface area contributed by atoms with Gasteiger partial charge in [-0.3, -0.25) is 0 Å². The smallest absolute Gasteiger partial charge is 0.404 e. The SMILES string of the molecule is Brc1ccc(-c2ccc(N(c3ccccc3)c3ccc(-c4ccc(Br)s4)cc3)cc2)s1.Cc1ccc(-c2ccc(N(c3ccccc3)c3ccc(-c4ccc(C)s4)cc3)cc2)s1.c1ccc(N(c2ccc(-c3ccc(B4OCCO4)s3)cc2)c2ccc(-c3ccc(B4OCCO4)s3)cc2)cc1. The monoisotopic (exact) mass is 1550 g/mol. The molecule has 7 nitrogen and oxygen atoms in total. The Morgan fingerprint density at radius 1 is 0.238 bits per heavy atom. The van der Waals surface area contributed by atoms with Crippen LogP contribution in [0.5, 0.6) is 0 Å². The molecule has 17 heteroatoms. The minimum Gasteiger partial charge on any atom is -0.404 e. The minimum atomic E-state index is -0.232. The summed E-state index contributed by atoms with van der Waals surface area (Å²) in [5.74, 6) is 0. The molecule has 2 aliphatic heterocycles. The Morgan fingerprint density at radius 3 is 0.683 bits per heavy atom. The molecule has 8 heterocycles. The van der Waals surface area contributed by atoms with Crippen molar-refractivity contribution in [2.75, 3.05) is 41.1 Å². The fraction of sp³-hybridized carbons (Fsp3) is 0.0714. The maximum atomic E-state index is 5.67. The first-order valence-electron chi connectivity index (χ1n) is 33.1. The van der Waals surface area contributed by atoms with Crippen molar-refractivity contribution in [3.63, 3.8) is 0 Å². The molecule has 0 radical (unpaired) electrons. The minimum absolute atomic E-state index is 0.232. The molecule has 0 unspecified atom stereocenters. The number of benzene rings is 9. The van der Waals surface area contributed by atoms with E-state index in [-0.39, 0.29) is 14.2 Å². The molecule has 0 bridgehead atoms. The van der Waals surface area contributed by atoms with E-state index in [1.807, 2.05) is 28.7 Å². The van der Waals surface area contributed by atoms with Crippen molar-refractivity contribution < 1.29 is 18.6 Å². The third kappa shape index (κ3) is 16.4. The zero-order valence-corrected chi connectivity index (χ0v) is 63.2. The molecular weight excluding hydrogens is 1490 g/mol. The van der Waals surface area contributed by atoms with E-state index in [1.54, 1.807) is 45.3 Å². The predicted molar refractivity (Wildman–Crippen MR) is 443 cm³/mol. The lowest BCUT2D eigenvalue weighted by atomic mass is 9.88. The van der Waals surface area contributed by atoms with Crippen LogP contribution in [0.1, 0.15) is 9.75 Å². The van der Waals surface area contributed by atoms with Gasteiger partial charge in [0, 0.05) is 99.8 Å². The molecule has 2 aliphatic rings. The molecule has 2 fully saturated rings. The van der Waals surface area contributed by atoms with Gasteiger partial charge in [-0.15, -0.1) is 68.0 Å². The Morgan fingerprint density at radius 2 is 0.455 bits per heavy atom. The third-order valence-electron chi connectivity index (χ3n) is 17.1. The second kappa shape index (κ2) is 32.2. The molecule has 0 N–H and O–H groups in total. The van der Waals surface area contributed by atoms with Crippen molar-refractivity contribution in [2.45, 2.75) is 13.8 Å². The lowest BCUT2D eigenvalue weighted by Gasteiger charge is -2.25. The molecule has 9 aromatic carbocycles. The summed E-state index contributed by atoms with van der Waals surface area (Å²) in [5, 5.41) is 0. The Hall–Kier alpha value is -8.49. The van der Waals surface area contributed by atoms with Crippen LogP contribution >= 0.6 is 99.9 Å². The molecule has 101 heavy (non-hydrogen) atoms. The molecule has 0 aliphatic carbocycles. The van der Waals surface area contributed by atoms with E-state index in [2.05, 4.69) is 364 Å². The van der Waals surface area contributed by atoms with Gasteiger partial charge in [0.05, 0.1) is 34.0 Å². The number of rotatable bonds is 17. The highest BCUT2D eigenvalue weighted by Gasteiger charge is 2.30. The molecule has 6 aromatic heterocycles. The largest absolute Gasteiger partial charge is 0.504 e. The number of anilines is 9. The summed E-state index contributed by atoms with van der Waals surface area (Å²) in [6.07, 6.45) is 0. The first-order chi connectivity index (χ1) is 49.7. The van der Waals surface area contributed by atoms with Crippen LogP contribution in [0.4, 0.5) is 51.2 Å². The van der Waals surface area contributed by atoms with Crippen molar-refractivity contribution in [3.05, 3.63) is 327 Å². The fourth-order valence-electron chi connectivity index (χ4n) is 12.2. The van der Waals surface area contributed by atoms with Gasteiger partial charge in [-0.2, -0.15) is 0 Å². The summed E-state index contributed by atoms with van der Waals surface area (Å²) < 4.78 is 27.2. The molecule has 0 saturated carbocycles. The Bertz CT molecular complexity index is 4660. The van der Waals surface area contributed by atoms with Gasteiger partial charge in [-0.05, 0) is 249 Å². The van der Waals surface area contributed by atoms with Crippen LogP contribution < -0.4 is 24.3 Å². The average Bonchev–Trinajstić information content (AvgIpc) is 1.05. The second-order valence-corrected chi connectivity index (χ2v) is 33.6. The number of hydrogen-bond acceptors (Lipinski definition) is 13. The second-order valence-electron chi connectivity index (χ2n) is 23.9. The van der Waals surface area contributed by atoms with Gasteiger partial charge in [0.25, 0.3) is 0 Å². The van der Waals surface area contributed by atoms with E-state index in [9.17, 15) is 0 Å². The van der Waals surface area contributed by atoms with Crippen molar-refractivity contribution in [3.8, 4) is 62.6 Å². The van der Waals surface area contributed by atoms with E-state index in [1.165, 1.54) is 72.4 Å². The zero-order chi connectivity index (χ0) is 68.4. The van der Waals surface area contributed by atoms with Crippen LogP contribution in [0, 0.1) is 13.8 Å². The zero-order valence-electron chi connectivity index (χ0n) is 55.1. The van der Waals surface area contributed by atoms with Crippen molar-refractivity contribution in [1.29, 1.82) is 0 Å². The molecule has 0 spiro atoms. The first kappa shape index (κ1) is 68.3. The van der Waals surface area contributed by atoms with Gasteiger partial charge in [-0.1, -0.05) is 140 Å². The van der Waals surface area contributed by atoms with E-state index in [0.717, 1.165) is 68.3 Å². The van der Waals surface area contributed by atoms with Crippen molar-refractivity contribution in [2.24, 2.45) is 0 Å². The number of thiophene rings is 6. The Labute approximate surface area is 632 Å². The summed E-state index contributed by atoms with van der Waals surface area (Å²) in [4.78, 5) is 17.1. The van der Waals surface area contributed by atoms with Crippen molar-refractivity contribution >= 4 is 175 Å². The molecule has 17 rings (SSSR count). The number of hydrogen-bond donors (Lipinski definition) is 0. The van der Waals surface area contributed by atoms with Crippen molar-refractivity contribution in [1.82, 2.24) is 0 Å². The van der Waals surface area contributed by atoms with Gasteiger partial charge in [-0.25, -0.2) is 0 Å². The molecule has 496 valence electrons. The van der Waals surface area contributed by atoms with Crippen LogP contribution in [0.3, 0.4) is 0 Å².